The third-order valence-electron chi connectivity index (χ3n) is 10.1. The largest absolute Gasteiger partial charge is 0.484 e. The first-order valence-corrected chi connectivity index (χ1v) is 17.3. The van der Waals surface area contributed by atoms with Crippen LogP contribution < -0.4 is 19.8 Å². The molecule has 3 aromatic carbocycles. The number of aromatic amines is 1. The van der Waals surface area contributed by atoms with Gasteiger partial charge in [0.2, 0.25) is 11.8 Å². The van der Waals surface area contributed by atoms with Crippen LogP contribution in [0.2, 0.25) is 0 Å². The van der Waals surface area contributed by atoms with Gasteiger partial charge in [-0.3, -0.25) is 34.2 Å². The van der Waals surface area contributed by atoms with Crippen LogP contribution in [-0.4, -0.2) is 39.5 Å². The summed E-state index contributed by atoms with van der Waals surface area (Å²) in [6.45, 7) is -0.446. The molecular formula is C34H25F3N4O7S2. The van der Waals surface area contributed by atoms with Crippen LogP contribution in [0.3, 0.4) is 0 Å². The van der Waals surface area contributed by atoms with E-state index in [4.69, 9.17) is 4.74 Å². The quantitative estimate of drug-likeness (QED) is 0.133. The summed E-state index contributed by atoms with van der Waals surface area (Å²) < 4.78 is 44.7. The molecule has 2 N–H and O–H groups in total. The van der Waals surface area contributed by atoms with Crippen LogP contribution in [0.5, 0.6) is 5.75 Å². The molecule has 256 valence electrons. The summed E-state index contributed by atoms with van der Waals surface area (Å²) in [6, 6.07) is 16.7. The Labute approximate surface area is 289 Å². The Balaban J connectivity index is 1.02. The van der Waals surface area contributed by atoms with Gasteiger partial charge in [-0.05, 0) is 72.2 Å². The number of aromatic nitrogens is 1. The molecule has 1 saturated heterocycles. The molecule has 2 aliphatic heterocycles. The van der Waals surface area contributed by atoms with Crippen molar-refractivity contribution in [3.63, 3.8) is 0 Å². The number of non-ortho nitro benzene ring substituents is 1. The lowest BCUT2D eigenvalue weighted by Gasteiger charge is -2.43. The summed E-state index contributed by atoms with van der Waals surface area (Å²) >= 11 is 2.66. The first kappa shape index (κ1) is 32.3. The van der Waals surface area contributed by atoms with Crippen molar-refractivity contribution >= 4 is 57.9 Å². The number of benzene rings is 3. The molecule has 4 aliphatic rings. The van der Waals surface area contributed by atoms with Crippen molar-refractivity contribution < 1.29 is 37.2 Å². The van der Waals surface area contributed by atoms with Crippen molar-refractivity contribution in [1.29, 1.82) is 0 Å². The standard InChI is InChI=1S/C34H25F3N4O7S2/c35-34(36,37)16-2-1-3-17(12-16)38-23(42)14-48-20-10-4-15(5-11-20)24-25-21-13-22(28(25)49-30-29(24)50-33(45)39-30)27-26(21)31(43)40(32(27)44)18-6-8-19(9-7-18)41(46)47/h1-12,21-22,24-28H,13-14H2,(H,38,42)(H,39,45)/t21?,22?,24-,25?,26?,27?,28?/m1/s1. The average Bonchev–Trinajstić information content (AvgIpc) is 3.82. The van der Waals surface area contributed by atoms with Gasteiger partial charge < -0.3 is 15.0 Å². The number of amides is 3. The van der Waals surface area contributed by atoms with E-state index in [2.05, 4.69) is 10.3 Å². The predicted octanol–water partition coefficient (Wildman–Crippen LogP) is 6.06. The molecule has 3 fully saturated rings. The molecule has 3 heterocycles. The van der Waals surface area contributed by atoms with Gasteiger partial charge in [0.15, 0.2) is 6.61 Å². The van der Waals surface area contributed by atoms with Crippen LogP contribution in [-0.2, 0) is 20.6 Å². The Hall–Kier alpha value is -4.96. The SMILES string of the molecule is O=C(COc1ccc([C@H]2c3sc(=O)[nH]c3SC3C4CC(C5C(=O)N(c6ccc([N+](=O)[O-])cc6)C(=O)C45)C32)cc1)Nc1cccc(C(F)(F)F)c1. The number of fused-ring (bicyclic) bond motifs is 9. The van der Waals surface area contributed by atoms with Crippen molar-refractivity contribution in [2.45, 2.75) is 28.8 Å². The highest BCUT2D eigenvalue weighted by molar-refractivity contribution is 8.00. The predicted molar refractivity (Wildman–Crippen MR) is 176 cm³/mol. The molecule has 6 unspecified atom stereocenters. The number of rotatable bonds is 7. The van der Waals surface area contributed by atoms with Gasteiger partial charge in [0.1, 0.15) is 5.75 Å². The first-order chi connectivity index (χ1) is 23.9. The third kappa shape index (κ3) is 5.28. The number of nitrogens with zero attached hydrogens (tertiary/aromatic N) is 2. The number of carbonyl (C=O) groups excluding carboxylic acids is 3. The summed E-state index contributed by atoms with van der Waals surface area (Å²) in [7, 11) is 0. The van der Waals surface area contributed by atoms with Gasteiger partial charge in [0.25, 0.3) is 11.6 Å². The minimum absolute atomic E-state index is 0.0128. The number of nitro groups is 1. The number of thioether (sulfide) groups is 1. The minimum Gasteiger partial charge on any atom is -0.484 e. The molecule has 11 nitrogen and oxygen atoms in total. The number of alkyl halides is 3. The molecule has 8 rings (SSSR count). The second-order valence-electron chi connectivity index (χ2n) is 12.7. The normalized spacial score (nSPS) is 26.4. The number of H-pyrrole nitrogens is 1. The summed E-state index contributed by atoms with van der Waals surface area (Å²) in [4.78, 5) is 68.2. The molecule has 4 aromatic rings. The molecule has 2 aliphatic carbocycles. The molecule has 0 spiro atoms. The number of anilines is 2. The van der Waals surface area contributed by atoms with Gasteiger partial charge in [-0.25, -0.2) is 0 Å². The van der Waals surface area contributed by atoms with Crippen molar-refractivity contribution in [1.82, 2.24) is 4.98 Å². The second kappa shape index (κ2) is 11.8. The maximum atomic E-state index is 13.9. The topological polar surface area (TPSA) is 152 Å². The minimum atomic E-state index is -4.55. The van der Waals surface area contributed by atoms with E-state index < -0.39 is 41.0 Å². The molecule has 3 amide bonds. The zero-order chi connectivity index (χ0) is 35.1. The number of imide groups is 1. The van der Waals surface area contributed by atoms with E-state index >= 15 is 0 Å². The molecular weight excluding hydrogens is 698 g/mol. The summed E-state index contributed by atoms with van der Waals surface area (Å²) in [5.74, 6) is -2.58. The van der Waals surface area contributed by atoms with Crippen LogP contribution in [0.15, 0.2) is 82.6 Å². The number of hydrogen-bond acceptors (Lipinski definition) is 9. The highest BCUT2D eigenvalue weighted by Crippen LogP contribution is 2.68. The lowest BCUT2D eigenvalue weighted by molar-refractivity contribution is -0.384. The Morgan fingerprint density at radius 2 is 1.70 bits per heavy atom. The maximum absolute atomic E-state index is 13.9. The Morgan fingerprint density at radius 1 is 1.00 bits per heavy atom. The molecule has 1 aromatic heterocycles. The van der Waals surface area contributed by atoms with Crippen molar-refractivity contribution in [3.05, 3.63) is 109 Å². The van der Waals surface area contributed by atoms with Crippen molar-refractivity contribution in [2.75, 3.05) is 16.8 Å². The number of hydrogen-bond donors (Lipinski definition) is 2. The highest BCUT2D eigenvalue weighted by Gasteiger charge is 2.69. The van der Waals surface area contributed by atoms with E-state index in [-0.39, 0.29) is 57.0 Å². The number of ether oxygens (including phenoxy) is 1. The number of thiazole rings is 1. The van der Waals surface area contributed by atoms with Gasteiger partial charge in [-0.1, -0.05) is 29.5 Å². The third-order valence-corrected chi connectivity index (χ3v) is 12.7. The zero-order valence-corrected chi connectivity index (χ0v) is 27.2. The van der Waals surface area contributed by atoms with Gasteiger partial charge in [0.05, 0.1) is 33.0 Å². The van der Waals surface area contributed by atoms with Crippen LogP contribution in [0.4, 0.5) is 30.2 Å². The lowest BCUT2D eigenvalue weighted by atomic mass is 9.68. The van der Waals surface area contributed by atoms with Crippen LogP contribution in [0, 0.1) is 39.7 Å². The van der Waals surface area contributed by atoms with Crippen molar-refractivity contribution in [2.24, 2.45) is 29.6 Å². The van der Waals surface area contributed by atoms with Gasteiger partial charge >= 0.3 is 11.0 Å². The zero-order valence-electron chi connectivity index (χ0n) is 25.6. The van der Waals surface area contributed by atoms with Crippen LogP contribution in [0.25, 0.3) is 0 Å². The van der Waals surface area contributed by atoms with E-state index in [1.54, 1.807) is 23.9 Å². The number of carbonyl (C=O) groups is 3. The average molecular weight is 723 g/mol. The summed E-state index contributed by atoms with van der Waals surface area (Å²) in [5.41, 5.74) is 0.122. The van der Waals surface area contributed by atoms with E-state index in [1.165, 1.54) is 41.3 Å². The van der Waals surface area contributed by atoms with Crippen LogP contribution in [0.1, 0.15) is 28.3 Å². The smallest absolute Gasteiger partial charge is 0.416 e. The van der Waals surface area contributed by atoms with E-state index in [0.717, 1.165) is 38.9 Å². The van der Waals surface area contributed by atoms with Crippen LogP contribution >= 0.6 is 23.1 Å². The fourth-order valence-corrected chi connectivity index (χ4v) is 11.1. The Bertz CT molecular complexity index is 2120. The molecule has 0 radical (unpaired) electrons. The molecule has 7 atom stereocenters. The fourth-order valence-electron chi connectivity index (χ4n) is 8.26. The maximum Gasteiger partial charge on any atom is 0.416 e. The van der Waals surface area contributed by atoms with Crippen molar-refractivity contribution in [3.8, 4) is 5.75 Å². The Kier molecular flexibility index (Phi) is 7.63. The monoisotopic (exact) mass is 722 g/mol. The van der Waals surface area contributed by atoms with Gasteiger partial charge in [0, 0.05) is 33.9 Å². The van der Waals surface area contributed by atoms with E-state index in [9.17, 15) is 42.5 Å². The molecule has 2 bridgehead atoms. The van der Waals surface area contributed by atoms with Gasteiger partial charge in [-0.15, -0.1) is 11.8 Å². The second-order valence-corrected chi connectivity index (χ2v) is 14.9. The first-order valence-electron chi connectivity index (χ1n) is 15.6. The Morgan fingerprint density at radius 3 is 2.38 bits per heavy atom. The fraction of sp³-hybridized carbons (Fsp3) is 0.294. The summed E-state index contributed by atoms with van der Waals surface area (Å²) in [6.07, 6.45) is -3.87. The van der Waals surface area contributed by atoms with E-state index in [0.29, 0.717) is 17.9 Å². The molecule has 2 saturated carbocycles. The highest BCUT2D eigenvalue weighted by atomic mass is 32.2. The van der Waals surface area contributed by atoms with E-state index in [1.807, 2.05) is 12.1 Å². The number of halogens is 3. The van der Waals surface area contributed by atoms with Gasteiger partial charge in [-0.2, -0.15) is 13.2 Å². The number of nitrogens with one attached hydrogen (secondary N) is 2. The molecule has 50 heavy (non-hydrogen) atoms. The molecule has 16 heteroatoms. The number of nitro benzene ring substituents is 1. The summed E-state index contributed by atoms with van der Waals surface area (Å²) in [5, 5.41) is 14.3. The lowest BCUT2D eigenvalue weighted by Crippen LogP contribution is -2.42.